The monoisotopic (exact) mass is 312 g/mol. The molecule has 2 N–H and O–H groups in total. The summed E-state index contributed by atoms with van der Waals surface area (Å²) >= 11 is 0. The summed E-state index contributed by atoms with van der Waals surface area (Å²) in [5.74, 6) is 0.297. The SMILES string of the molecule is CNc1cccc(S(=O)(=O)NCc2ccno2)c1[N+](=O)[O-]. The van der Waals surface area contributed by atoms with Gasteiger partial charge in [0.25, 0.3) is 0 Å². The highest BCUT2D eigenvalue weighted by molar-refractivity contribution is 7.89. The van der Waals surface area contributed by atoms with Crippen molar-refractivity contribution in [1.82, 2.24) is 9.88 Å². The number of hydrogen-bond acceptors (Lipinski definition) is 7. The zero-order chi connectivity index (χ0) is 15.5. The van der Waals surface area contributed by atoms with Crippen LogP contribution in [0.15, 0.2) is 39.9 Å². The van der Waals surface area contributed by atoms with Crippen LogP contribution >= 0.6 is 0 Å². The van der Waals surface area contributed by atoms with Gasteiger partial charge in [-0.25, -0.2) is 13.1 Å². The first-order valence-corrected chi connectivity index (χ1v) is 7.28. The van der Waals surface area contributed by atoms with E-state index in [2.05, 4.69) is 15.2 Å². The number of benzene rings is 1. The average Bonchev–Trinajstić information content (AvgIpc) is 2.97. The maximum absolute atomic E-state index is 12.2. The van der Waals surface area contributed by atoms with Gasteiger partial charge in [-0.1, -0.05) is 11.2 Å². The molecule has 0 saturated heterocycles. The van der Waals surface area contributed by atoms with Crippen LogP contribution in [0.25, 0.3) is 0 Å². The zero-order valence-electron chi connectivity index (χ0n) is 10.9. The van der Waals surface area contributed by atoms with E-state index in [0.717, 1.165) is 0 Å². The van der Waals surface area contributed by atoms with E-state index in [0.29, 0.717) is 5.76 Å². The number of nitro benzene ring substituents is 1. The van der Waals surface area contributed by atoms with E-state index in [-0.39, 0.29) is 12.2 Å². The van der Waals surface area contributed by atoms with Crippen LogP contribution in [-0.4, -0.2) is 25.5 Å². The van der Waals surface area contributed by atoms with Crippen LogP contribution in [0.3, 0.4) is 0 Å². The van der Waals surface area contributed by atoms with Gasteiger partial charge < -0.3 is 9.84 Å². The fourth-order valence-corrected chi connectivity index (χ4v) is 2.89. The van der Waals surface area contributed by atoms with Gasteiger partial charge >= 0.3 is 5.69 Å². The van der Waals surface area contributed by atoms with Gasteiger partial charge in [0.05, 0.1) is 17.7 Å². The van der Waals surface area contributed by atoms with Crippen LogP contribution in [-0.2, 0) is 16.6 Å². The molecule has 1 aromatic heterocycles. The molecule has 0 fully saturated rings. The third-order valence-electron chi connectivity index (χ3n) is 2.67. The molecule has 1 heterocycles. The second-order valence-electron chi connectivity index (χ2n) is 3.96. The second kappa shape index (κ2) is 5.89. The maximum Gasteiger partial charge on any atom is 0.312 e. The molecular formula is C11H12N4O5S. The molecule has 0 amide bonds. The molecule has 0 spiro atoms. The lowest BCUT2D eigenvalue weighted by molar-refractivity contribution is -0.386. The molecule has 21 heavy (non-hydrogen) atoms. The fraction of sp³-hybridized carbons (Fsp3) is 0.182. The maximum atomic E-state index is 12.2. The number of hydrogen-bond donors (Lipinski definition) is 2. The molecule has 0 atom stereocenters. The first-order chi connectivity index (χ1) is 9.95. The molecule has 2 rings (SSSR count). The summed E-state index contributed by atoms with van der Waals surface area (Å²) in [6.45, 7) is -0.150. The predicted molar refractivity (Wildman–Crippen MR) is 73.2 cm³/mol. The topological polar surface area (TPSA) is 127 Å². The van der Waals surface area contributed by atoms with Crippen molar-refractivity contribution in [3.8, 4) is 0 Å². The van der Waals surface area contributed by atoms with Gasteiger partial charge in [-0.15, -0.1) is 0 Å². The largest absolute Gasteiger partial charge is 0.383 e. The van der Waals surface area contributed by atoms with Crippen LogP contribution in [0.2, 0.25) is 0 Å². The molecule has 9 nitrogen and oxygen atoms in total. The van der Waals surface area contributed by atoms with Crippen molar-refractivity contribution in [3.05, 3.63) is 46.3 Å². The Morgan fingerprint density at radius 1 is 1.38 bits per heavy atom. The predicted octanol–water partition coefficient (Wildman–Crippen LogP) is 1.10. The van der Waals surface area contributed by atoms with Crippen molar-refractivity contribution in [1.29, 1.82) is 0 Å². The minimum Gasteiger partial charge on any atom is -0.383 e. The van der Waals surface area contributed by atoms with Crippen LogP contribution in [0.4, 0.5) is 11.4 Å². The van der Waals surface area contributed by atoms with Crippen molar-refractivity contribution in [2.45, 2.75) is 11.4 Å². The molecule has 0 saturated carbocycles. The number of rotatable bonds is 6. The first kappa shape index (κ1) is 14.9. The highest BCUT2D eigenvalue weighted by Crippen LogP contribution is 2.31. The number of para-hydroxylation sites is 1. The minimum atomic E-state index is -4.06. The summed E-state index contributed by atoms with van der Waals surface area (Å²) in [4.78, 5) is 9.97. The average molecular weight is 312 g/mol. The van der Waals surface area contributed by atoms with Gasteiger partial charge in [0, 0.05) is 13.1 Å². The van der Waals surface area contributed by atoms with Crippen molar-refractivity contribution in [2.75, 3.05) is 12.4 Å². The highest BCUT2D eigenvalue weighted by atomic mass is 32.2. The molecule has 112 valence electrons. The van der Waals surface area contributed by atoms with E-state index < -0.39 is 25.5 Å². The molecule has 2 aromatic rings. The summed E-state index contributed by atoms with van der Waals surface area (Å²) in [5, 5.41) is 17.2. The highest BCUT2D eigenvalue weighted by Gasteiger charge is 2.28. The van der Waals surface area contributed by atoms with Crippen LogP contribution < -0.4 is 10.0 Å². The summed E-state index contributed by atoms with van der Waals surface area (Å²) in [6, 6.07) is 5.50. The molecule has 0 unspecified atom stereocenters. The Morgan fingerprint density at radius 3 is 2.71 bits per heavy atom. The lowest BCUT2D eigenvalue weighted by Crippen LogP contribution is -2.24. The van der Waals surface area contributed by atoms with Crippen LogP contribution in [0.1, 0.15) is 5.76 Å². The van der Waals surface area contributed by atoms with E-state index >= 15 is 0 Å². The van der Waals surface area contributed by atoms with Gasteiger partial charge in [-0.05, 0) is 12.1 Å². The third kappa shape index (κ3) is 3.17. The van der Waals surface area contributed by atoms with Crippen molar-refractivity contribution < 1.29 is 17.9 Å². The number of nitrogens with one attached hydrogen (secondary N) is 2. The lowest BCUT2D eigenvalue weighted by Gasteiger charge is -2.08. The Labute approximate surface area is 120 Å². The van der Waals surface area contributed by atoms with E-state index in [1.807, 2.05) is 0 Å². The summed E-state index contributed by atoms with van der Waals surface area (Å²) < 4.78 is 31.4. The molecule has 0 aliphatic heterocycles. The van der Waals surface area contributed by atoms with E-state index in [1.165, 1.54) is 37.5 Å². The number of nitro groups is 1. The number of sulfonamides is 1. The van der Waals surface area contributed by atoms with Crippen molar-refractivity contribution in [3.63, 3.8) is 0 Å². The standard InChI is InChI=1S/C11H12N4O5S/c1-12-9-3-2-4-10(11(9)15(16)17)21(18,19)14-7-8-5-6-13-20-8/h2-6,12,14H,7H2,1H3. The Balaban J connectivity index is 2.37. The van der Waals surface area contributed by atoms with Crippen molar-refractivity contribution in [2.24, 2.45) is 0 Å². The first-order valence-electron chi connectivity index (χ1n) is 5.80. The Bertz CT molecular complexity index is 742. The fourth-order valence-electron chi connectivity index (χ4n) is 1.71. The third-order valence-corrected chi connectivity index (χ3v) is 4.10. The molecule has 1 aromatic carbocycles. The number of aromatic nitrogens is 1. The summed E-state index contributed by atoms with van der Waals surface area (Å²) in [5.41, 5.74) is -0.396. The molecule has 0 aliphatic carbocycles. The Morgan fingerprint density at radius 2 is 2.14 bits per heavy atom. The van der Waals surface area contributed by atoms with E-state index in [9.17, 15) is 18.5 Å². The molecule has 10 heteroatoms. The van der Waals surface area contributed by atoms with Gasteiger partial charge in [0.1, 0.15) is 5.69 Å². The van der Waals surface area contributed by atoms with Crippen LogP contribution in [0, 0.1) is 10.1 Å². The van der Waals surface area contributed by atoms with Gasteiger partial charge in [0.2, 0.25) is 10.0 Å². The second-order valence-corrected chi connectivity index (χ2v) is 5.70. The molecule has 0 radical (unpaired) electrons. The quantitative estimate of drug-likeness (QED) is 0.604. The smallest absolute Gasteiger partial charge is 0.312 e. The van der Waals surface area contributed by atoms with E-state index in [4.69, 9.17) is 4.52 Å². The van der Waals surface area contributed by atoms with E-state index in [1.54, 1.807) is 0 Å². The van der Waals surface area contributed by atoms with Gasteiger partial charge in [-0.2, -0.15) is 0 Å². The minimum absolute atomic E-state index is 0.113. The Kier molecular flexibility index (Phi) is 4.19. The van der Waals surface area contributed by atoms with Crippen molar-refractivity contribution >= 4 is 21.4 Å². The van der Waals surface area contributed by atoms with Gasteiger partial charge in [-0.3, -0.25) is 10.1 Å². The lowest BCUT2D eigenvalue weighted by atomic mass is 10.3. The molecule has 0 bridgehead atoms. The Hall–Kier alpha value is -2.46. The number of nitrogens with zero attached hydrogens (tertiary/aromatic N) is 2. The normalized spacial score (nSPS) is 11.3. The summed E-state index contributed by atoms with van der Waals surface area (Å²) in [6.07, 6.45) is 1.37. The molecule has 0 aliphatic rings. The number of anilines is 1. The van der Waals surface area contributed by atoms with Gasteiger partial charge in [0.15, 0.2) is 10.7 Å². The summed E-state index contributed by atoms with van der Waals surface area (Å²) in [7, 11) is -2.59. The zero-order valence-corrected chi connectivity index (χ0v) is 11.8. The van der Waals surface area contributed by atoms with Crippen LogP contribution in [0.5, 0.6) is 0 Å². The molecular weight excluding hydrogens is 300 g/mol.